The third-order valence-electron chi connectivity index (χ3n) is 8.84. The van der Waals surface area contributed by atoms with E-state index < -0.39 is 0 Å². The van der Waals surface area contributed by atoms with Crippen molar-refractivity contribution in [3.63, 3.8) is 0 Å². The fourth-order valence-electron chi connectivity index (χ4n) is 6.89. The molecule has 0 saturated carbocycles. The Morgan fingerprint density at radius 1 is 0.386 bits per heavy atom. The lowest BCUT2D eigenvalue weighted by molar-refractivity contribution is 0.669. The van der Waals surface area contributed by atoms with Crippen LogP contribution in [-0.4, -0.2) is 0 Å². The number of para-hydroxylation sites is 1. The average molecular weight is 598 g/mol. The first-order valence-corrected chi connectivity index (χ1v) is 16.4. The summed E-state index contributed by atoms with van der Waals surface area (Å²) in [5.41, 5.74) is 5.24. The Labute approximate surface area is 260 Å². The monoisotopic (exact) mass is 597 g/mol. The lowest BCUT2D eigenvalue weighted by Crippen LogP contribution is -2.10. The van der Waals surface area contributed by atoms with E-state index in [9.17, 15) is 0 Å². The van der Waals surface area contributed by atoms with Gasteiger partial charge in [-0.05, 0) is 60.0 Å². The predicted molar refractivity (Wildman–Crippen MR) is 192 cm³/mol. The molecule has 0 aliphatic rings. The van der Waals surface area contributed by atoms with E-state index in [1.807, 2.05) is 34.8 Å². The Bertz CT molecular complexity index is 2750. The summed E-state index contributed by atoms with van der Waals surface area (Å²) in [7, 11) is 0. The van der Waals surface area contributed by atoms with Crippen molar-refractivity contribution in [2.75, 3.05) is 4.90 Å². The molecule has 0 saturated heterocycles. The molecule has 206 valence electrons. The number of rotatable bonds is 3. The summed E-state index contributed by atoms with van der Waals surface area (Å²) in [6, 6.07) is 50.6. The van der Waals surface area contributed by atoms with Gasteiger partial charge in [-0.2, -0.15) is 0 Å². The molecule has 2 nitrogen and oxygen atoms in total. The van der Waals surface area contributed by atoms with Crippen LogP contribution in [0.2, 0.25) is 0 Å². The molecule has 0 bridgehead atoms. The highest BCUT2D eigenvalue weighted by Gasteiger charge is 2.21. The summed E-state index contributed by atoms with van der Waals surface area (Å²) in [6.45, 7) is 0. The lowest BCUT2D eigenvalue weighted by atomic mass is 10.0. The maximum Gasteiger partial charge on any atom is 0.135 e. The maximum atomic E-state index is 6.24. The zero-order valence-corrected chi connectivity index (χ0v) is 25.1. The van der Waals surface area contributed by atoms with E-state index in [1.54, 1.807) is 0 Å². The maximum absolute atomic E-state index is 6.24. The van der Waals surface area contributed by atoms with Gasteiger partial charge in [-0.15, -0.1) is 22.7 Å². The molecule has 0 N–H and O–H groups in total. The van der Waals surface area contributed by atoms with Crippen LogP contribution in [0.15, 0.2) is 144 Å². The predicted octanol–water partition coefficient (Wildman–Crippen LogP) is 12.9. The SMILES string of the molecule is c1ccc2c(c1)oc1ccc(N(c3ccc4c(c3)sc3ccccc34)c3cc4sc5ccccc5c4c4ccccc34)cc12. The second-order valence-electron chi connectivity index (χ2n) is 11.3. The molecule has 0 unspecified atom stereocenters. The van der Waals surface area contributed by atoms with Crippen LogP contribution in [0.4, 0.5) is 17.1 Å². The number of anilines is 3. The first-order chi connectivity index (χ1) is 21.8. The van der Waals surface area contributed by atoms with Crippen molar-refractivity contribution in [1.29, 1.82) is 0 Å². The summed E-state index contributed by atoms with van der Waals surface area (Å²) < 4.78 is 11.4. The average Bonchev–Trinajstić information content (AvgIpc) is 3.75. The Morgan fingerprint density at radius 3 is 1.84 bits per heavy atom. The lowest BCUT2D eigenvalue weighted by Gasteiger charge is -2.27. The number of thiophene rings is 2. The zero-order valence-electron chi connectivity index (χ0n) is 23.5. The normalized spacial score (nSPS) is 12.1. The van der Waals surface area contributed by atoms with Gasteiger partial charge in [-0.25, -0.2) is 0 Å². The molecule has 0 amide bonds. The molecular weight excluding hydrogens is 575 g/mol. The third kappa shape index (κ3) is 3.47. The minimum atomic E-state index is 0.902. The van der Waals surface area contributed by atoms with Gasteiger partial charge in [0.25, 0.3) is 0 Å². The van der Waals surface area contributed by atoms with Gasteiger partial charge in [0, 0.05) is 67.9 Å². The number of fused-ring (bicyclic) bond motifs is 11. The van der Waals surface area contributed by atoms with Crippen LogP contribution in [0, 0.1) is 0 Å². The molecule has 10 rings (SSSR count). The summed E-state index contributed by atoms with van der Waals surface area (Å²) in [4.78, 5) is 2.44. The zero-order chi connectivity index (χ0) is 28.8. The van der Waals surface area contributed by atoms with Crippen LogP contribution in [0.25, 0.3) is 73.1 Å². The quantitative estimate of drug-likeness (QED) is 0.201. The highest BCUT2D eigenvalue weighted by atomic mass is 32.1. The Kier molecular flexibility index (Phi) is 5.06. The van der Waals surface area contributed by atoms with Crippen LogP contribution in [0.1, 0.15) is 0 Å². The van der Waals surface area contributed by atoms with E-state index in [1.165, 1.54) is 56.8 Å². The van der Waals surface area contributed by atoms with Crippen molar-refractivity contribution in [3.8, 4) is 0 Å². The van der Waals surface area contributed by atoms with Crippen molar-refractivity contribution >= 4 is 113 Å². The van der Waals surface area contributed by atoms with Gasteiger partial charge in [-0.3, -0.25) is 0 Å². The number of hydrogen-bond donors (Lipinski definition) is 0. The van der Waals surface area contributed by atoms with Gasteiger partial charge in [0.15, 0.2) is 0 Å². The minimum absolute atomic E-state index is 0.902. The van der Waals surface area contributed by atoms with Crippen LogP contribution in [0.5, 0.6) is 0 Å². The molecular formula is C40H23NOS2. The topological polar surface area (TPSA) is 16.4 Å². The van der Waals surface area contributed by atoms with E-state index >= 15 is 0 Å². The first-order valence-electron chi connectivity index (χ1n) is 14.8. The van der Waals surface area contributed by atoms with Gasteiger partial charge in [0.2, 0.25) is 0 Å². The Balaban J connectivity index is 1.30. The van der Waals surface area contributed by atoms with Crippen molar-refractivity contribution in [1.82, 2.24) is 0 Å². The van der Waals surface area contributed by atoms with E-state index in [0.29, 0.717) is 0 Å². The number of nitrogens with zero attached hydrogens (tertiary/aromatic N) is 1. The minimum Gasteiger partial charge on any atom is -0.456 e. The van der Waals surface area contributed by atoms with Gasteiger partial charge in [0.05, 0.1) is 5.69 Å². The molecule has 10 aromatic rings. The molecule has 0 aliphatic carbocycles. The van der Waals surface area contributed by atoms with Crippen molar-refractivity contribution < 1.29 is 4.42 Å². The Hall–Kier alpha value is -5.16. The van der Waals surface area contributed by atoms with Crippen LogP contribution in [0.3, 0.4) is 0 Å². The third-order valence-corrected chi connectivity index (χ3v) is 11.1. The van der Waals surface area contributed by atoms with Gasteiger partial charge in [0.1, 0.15) is 11.2 Å². The summed E-state index contributed by atoms with van der Waals surface area (Å²) in [6.07, 6.45) is 0. The van der Waals surface area contributed by atoms with Crippen LogP contribution in [-0.2, 0) is 0 Å². The number of furan rings is 1. The number of hydrogen-bond acceptors (Lipinski definition) is 4. The van der Waals surface area contributed by atoms with Gasteiger partial charge < -0.3 is 9.32 Å². The smallest absolute Gasteiger partial charge is 0.135 e. The molecule has 0 radical (unpaired) electrons. The molecule has 3 heterocycles. The van der Waals surface area contributed by atoms with E-state index in [0.717, 1.165) is 33.3 Å². The van der Waals surface area contributed by atoms with E-state index in [-0.39, 0.29) is 0 Å². The van der Waals surface area contributed by atoms with E-state index in [4.69, 9.17) is 4.42 Å². The van der Waals surface area contributed by atoms with Crippen LogP contribution >= 0.6 is 22.7 Å². The molecule has 44 heavy (non-hydrogen) atoms. The molecule has 0 aliphatic heterocycles. The molecule has 4 heteroatoms. The van der Waals surface area contributed by atoms with Crippen molar-refractivity contribution in [2.24, 2.45) is 0 Å². The highest BCUT2D eigenvalue weighted by Crippen LogP contribution is 2.48. The summed E-state index contributed by atoms with van der Waals surface area (Å²) >= 11 is 3.73. The second-order valence-corrected chi connectivity index (χ2v) is 13.5. The standard InChI is InChI=1S/C40H23NOS2/c1-2-12-30-26(9-1)33(23-39-40(30)31-13-5-8-16-37(31)44-39)41(24-18-20-35-32(21-24)27-10-3-6-14-34(27)42-35)25-17-19-29-28-11-4-7-15-36(28)43-38(29)22-25/h1-23H. The van der Waals surface area contributed by atoms with Crippen molar-refractivity contribution in [3.05, 3.63) is 140 Å². The fraction of sp³-hybridized carbons (Fsp3) is 0. The van der Waals surface area contributed by atoms with E-state index in [2.05, 4.69) is 132 Å². The molecule has 0 spiro atoms. The van der Waals surface area contributed by atoms with Crippen LogP contribution < -0.4 is 4.90 Å². The summed E-state index contributed by atoms with van der Waals surface area (Å²) in [5, 5.41) is 10.0. The highest BCUT2D eigenvalue weighted by molar-refractivity contribution is 7.26. The van der Waals surface area contributed by atoms with Gasteiger partial charge in [-0.1, -0.05) is 84.9 Å². The fourth-order valence-corrected chi connectivity index (χ4v) is 9.18. The van der Waals surface area contributed by atoms with Crippen molar-refractivity contribution in [2.45, 2.75) is 0 Å². The number of benzene rings is 7. The summed E-state index contributed by atoms with van der Waals surface area (Å²) in [5.74, 6) is 0. The molecule has 3 aromatic heterocycles. The molecule has 7 aromatic carbocycles. The first kappa shape index (κ1) is 24.3. The Morgan fingerprint density at radius 2 is 0.977 bits per heavy atom. The molecule has 0 atom stereocenters. The second kappa shape index (κ2) is 9.17. The molecule has 0 fully saturated rings. The van der Waals surface area contributed by atoms with Gasteiger partial charge >= 0.3 is 0 Å². The largest absolute Gasteiger partial charge is 0.456 e.